The topological polar surface area (TPSA) is 85.3 Å². The van der Waals surface area contributed by atoms with Crippen LogP contribution in [0, 0.1) is 6.92 Å². The smallest absolute Gasteiger partial charge is 0.222 e. The van der Waals surface area contributed by atoms with E-state index in [1.165, 1.54) is 6.92 Å². The zero-order chi connectivity index (χ0) is 15.3. The highest BCUT2D eigenvalue weighted by atomic mass is 16.3. The van der Waals surface area contributed by atoms with Gasteiger partial charge in [-0.25, -0.2) is 9.97 Å². The Morgan fingerprint density at radius 3 is 2.82 bits per heavy atom. The number of nitrogens with one attached hydrogen (secondary N) is 1. The van der Waals surface area contributed by atoms with Crippen LogP contribution in [-0.2, 0) is 4.79 Å². The highest BCUT2D eigenvalue weighted by Crippen LogP contribution is 2.38. The summed E-state index contributed by atoms with van der Waals surface area (Å²) in [5, 5.41) is 7.25. The minimum absolute atomic E-state index is 0.180. The summed E-state index contributed by atoms with van der Waals surface area (Å²) in [5.74, 6) is 3.45. The summed E-state index contributed by atoms with van der Waals surface area (Å²) < 4.78 is 7.34. The van der Waals surface area contributed by atoms with E-state index in [4.69, 9.17) is 4.42 Å². The predicted molar refractivity (Wildman–Crippen MR) is 79.5 cm³/mol. The highest BCUT2D eigenvalue weighted by molar-refractivity contribution is 5.88. The molecule has 0 bridgehead atoms. The highest BCUT2D eigenvalue weighted by Gasteiger charge is 2.29. The summed E-state index contributed by atoms with van der Waals surface area (Å²) >= 11 is 0. The SMILES string of the molecule is CC(=O)Nc1cc2nc(C3CC3)nn2c(-c2ccc(C)o2)n1. The third-order valence-corrected chi connectivity index (χ3v) is 3.55. The van der Waals surface area contributed by atoms with Crippen LogP contribution in [0.1, 0.15) is 37.3 Å². The van der Waals surface area contributed by atoms with Gasteiger partial charge < -0.3 is 9.73 Å². The van der Waals surface area contributed by atoms with Crippen LogP contribution >= 0.6 is 0 Å². The maximum absolute atomic E-state index is 11.3. The van der Waals surface area contributed by atoms with E-state index in [1.807, 2.05) is 19.1 Å². The second-order valence-electron chi connectivity index (χ2n) is 5.57. The number of carbonyl (C=O) groups excluding carboxylic acids is 1. The maximum atomic E-state index is 11.3. The summed E-state index contributed by atoms with van der Waals surface area (Å²) in [4.78, 5) is 20.3. The van der Waals surface area contributed by atoms with Gasteiger partial charge in [0.15, 0.2) is 17.2 Å². The number of rotatable bonds is 3. The molecule has 1 aliphatic carbocycles. The first-order chi connectivity index (χ1) is 10.6. The summed E-state index contributed by atoms with van der Waals surface area (Å²) in [6, 6.07) is 5.43. The van der Waals surface area contributed by atoms with Crippen molar-refractivity contribution in [3.05, 3.63) is 29.8 Å². The molecule has 0 radical (unpaired) electrons. The quantitative estimate of drug-likeness (QED) is 0.803. The van der Waals surface area contributed by atoms with Crippen LogP contribution in [0.15, 0.2) is 22.6 Å². The number of aryl methyl sites for hydroxylation is 1. The second-order valence-corrected chi connectivity index (χ2v) is 5.57. The molecular weight excluding hydrogens is 282 g/mol. The van der Waals surface area contributed by atoms with E-state index in [0.717, 1.165) is 24.4 Å². The van der Waals surface area contributed by atoms with Crippen molar-refractivity contribution in [1.29, 1.82) is 0 Å². The fraction of sp³-hybridized carbons (Fsp3) is 0.333. The number of furan rings is 1. The number of aromatic nitrogens is 4. The average Bonchev–Trinajstić information content (AvgIpc) is 3.08. The lowest BCUT2D eigenvalue weighted by Gasteiger charge is -2.05. The molecule has 1 N–H and O–H groups in total. The van der Waals surface area contributed by atoms with E-state index < -0.39 is 0 Å². The Morgan fingerprint density at radius 1 is 1.36 bits per heavy atom. The van der Waals surface area contributed by atoms with Gasteiger partial charge in [-0.1, -0.05) is 0 Å². The molecule has 3 heterocycles. The number of hydrogen-bond donors (Lipinski definition) is 1. The third kappa shape index (κ3) is 2.24. The van der Waals surface area contributed by atoms with Gasteiger partial charge in [-0.05, 0) is 31.9 Å². The van der Waals surface area contributed by atoms with Gasteiger partial charge in [0, 0.05) is 18.9 Å². The minimum atomic E-state index is -0.180. The Hall–Kier alpha value is -2.70. The van der Waals surface area contributed by atoms with Gasteiger partial charge in [-0.15, -0.1) is 5.10 Å². The summed E-state index contributed by atoms with van der Waals surface area (Å²) in [6.07, 6.45) is 2.25. The van der Waals surface area contributed by atoms with E-state index in [0.29, 0.717) is 29.0 Å². The molecule has 3 aromatic rings. The summed E-state index contributed by atoms with van der Waals surface area (Å²) in [6.45, 7) is 3.32. The number of amides is 1. The molecule has 0 aliphatic heterocycles. The van der Waals surface area contributed by atoms with Crippen molar-refractivity contribution in [3.63, 3.8) is 0 Å². The van der Waals surface area contributed by atoms with Crippen LogP contribution in [0.4, 0.5) is 5.82 Å². The fourth-order valence-corrected chi connectivity index (χ4v) is 2.38. The maximum Gasteiger partial charge on any atom is 0.222 e. The lowest BCUT2D eigenvalue weighted by Crippen LogP contribution is -2.09. The molecule has 1 amide bonds. The molecule has 0 spiro atoms. The number of fused-ring (bicyclic) bond motifs is 1. The van der Waals surface area contributed by atoms with Gasteiger partial charge in [-0.2, -0.15) is 4.52 Å². The van der Waals surface area contributed by atoms with E-state index in [9.17, 15) is 4.79 Å². The monoisotopic (exact) mass is 297 g/mol. The molecule has 4 rings (SSSR count). The van der Waals surface area contributed by atoms with Gasteiger partial charge in [-0.3, -0.25) is 4.79 Å². The number of nitrogens with zero attached hydrogens (tertiary/aromatic N) is 4. The van der Waals surface area contributed by atoms with Crippen molar-refractivity contribution in [1.82, 2.24) is 19.6 Å². The normalized spacial score (nSPS) is 14.5. The molecule has 3 aromatic heterocycles. The zero-order valence-electron chi connectivity index (χ0n) is 12.3. The minimum Gasteiger partial charge on any atom is -0.458 e. The van der Waals surface area contributed by atoms with E-state index in [2.05, 4.69) is 20.4 Å². The third-order valence-electron chi connectivity index (χ3n) is 3.55. The van der Waals surface area contributed by atoms with Crippen molar-refractivity contribution >= 4 is 17.4 Å². The molecule has 22 heavy (non-hydrogen) atoms. The first-order valence-electron chi connectivity index (χ1n) is 7.22. The van der Waals surface area contributed by atoms with E-state index in [-0.39, 0.29) is 5.91 Å². The summed E-state index contributed by atoms with van der Waals surface area (Å²) in [7, 11) is 0. The predicted octanol–water partition coefficient (Wildman–Crippen LogP) is 2.53. The molecule has 1 fully saturated rings. The Labute approximate surface area is 126 Å². The Bertz CT molecular complexity index is 875. The number of anilines is 1. The lowest BCUT2D eigenvalue weighted by atomic mass is 10.4. The molecule has 7 nitrogen and oxygen atoms in total. The Kier molecular flexibility index (Phi) is 2.75. The largest absolute Gasteiger partial charge is 0.458 e. The molecule has 1 aliphatic rings. The Balaban J connectivity index is 1.91. The molecular formula is C15H15N5O2. The van der Waals surface area contributed by atoms with Crippen LogP contribution in [0.2, 0.25) is 0 Å². The lowest BCUT2D eigenvalue weighted by molar-refractivity contribution is -0.114. The molecule has 0 saturated heterocycles. The molecule has 0 aromatic carbocycles. The molecule has 7 heteroatoms. The number of carbonyl (C=O) groups is 1. The first kappa shape index (κ1) is 13.0. The number of hydrogen-bond acceptors (Lipinski definition) is 5. The standard InChI is InChI=1S/C15H15N5O2/c1-8-3-6-11(22-8)15-17-12(16-9(2)21)7-13-18-14(10-4-5-10)19-20(13)15/h3,6-7,10H,4-5H2,1-2H3,(H,16,21). The van der Waals surface area contributed by atoms with Crippen molar-refractivity contribution in [2.24, 2.45) is 0 Å². The van der Waals surface area contributed by atoms with Crippen LogP contribution in [0.3, 0.4) is 0 Å². The van der Waals surface area contributed by atoms with Crippen molar-refractivity contribution < 1.29 is 9.21 Å². The molecule has 0 atom stereocenters. The van der Waals surface area contributed by atoms with Crippen LogP contribution in [-0.4, -0.2) is 25.5 Å². The van der Waals surface area contributed by atoms with Crippen molar-refractivity contribution in [2.45, 2.75) is 32.6 Å². The molecule has 1 saturated carbocycles. The second kappa shape index (κ2) is 4.66. The zero-order valence-corrected chi connectivity index (χ0v) is 12.3. The van der Waals surface area contributed by atoms with E-state index in [1.54, 1.807) is 10.6 Å². The first-order valence-corrected chi connectivity index (χ1v) is 7.22. The van der Waals surface area contributed by atoms with Crippen LogP contribution < -0.4 is 5.32 Å². The summed E-state index contributed by atoms with van der Waals surface area (Å²) in [5.41, 5.74) is 0.657. The van der Waals surface area contributed by atoms with Gasteiger partial charge in [0.1, 0.15) is 11.6 Å². The van der Waals surface area contributed by atoms with Gasteiger partial charge in [0.05, 0.1) is 0 Å². The fourth-order valence-electron chi connectivity index (χ4n) is 2.38. The van der Waals surface area contributed by atoms with E-state index >= 15 is 0 Å². The van der Waals surface area contributed by atoms with Gasteiger partial charge in [0.2, 0.25) is 11.7 Å². The molecule has 0 unspecified atom stereocenters. The van der Waals surface area contributed by atoms with Crippen molar-refractivity contribution in [2.75, 3.05) is 5.32 Å². The van der Waals surface area contributed by atoms with Crippen LogP contribution in [0.25, 0.3) is 17.2 Å². The van der Waals surface area contributed by atoms with Gasteiger partial charge in [0.25, 0.3) is 0 Å². The van der Waals surface area contributed by atoms with Crippen LogP contribution in [0.5, 0.6) is 0 Å². The molecule has 112 valence electrons. The average molecular weight is 297 g/mol. The van der Waals surface area contributed by atoms with Gasteiger partial charge >= 0.3 is 0 Å². The van der Waals surface area contributed by atoms with Crippen molar-refractivity contribution in [3.8, 4) is 11.6 Å². The Morgan fingerprint density at radius 2 is 2.18 bits per heavy atom.